The molecule has 2 bridgehead atoms. The van der Waals surface area contributed by atoms with Crippen molar-refractivity contribution >= 4 is 22.6 Å². The summed E-state index contributed by atoms with van der Waals surface area (Å²) in [6.45, 7) is 0.441. The van der Waals surface area contributed by atoms with Gasteiger partial charge in [-0.2, -0.15) is 0 Å². The minimum Gasteiger partial charge on any atom is -0.396 e. The number of ether oxygens (including phenoxy) is 2. The van der Waals surface area contributed by atoms with Crippen LogP contribution in [0.25, 0.3) is 0 Å². The van der Waals surface area contributed by atoms with E-state index >= 15 is 0 Å². The van der Waals surface area contributed by atoms with Gasteiger partial charge in [-0.1, -0.05) is 22.6 Å². The fourth-order valence-corrected chi connectivity index (χ4v) is 2.69. The van der Waals surface area contributed by atoms with E-state index in [2.05, 4.69) is 22.6 Å². The van der Waals surface area contributed by atoms with Gasteiger partial charge in [0.2, 0.25) is 0 Å². The summed E-state index contributed by atoms with van der Waals surface area (Å²) in [7, 11) is 0. The van der Waals surface area contributed by atoms with Crippen molar-refractivity contribution in [3.05, 3.63) is 0 Å². The Balaban J connectivity index is 2.14. The first kappa shape index (κ1) is 9.14. The van der Waals surface area contributed by atoms with Gasteiger partial charge < -0.3 is 19.7 Å². The van der Waals surface area contributed by atoms with Gasteiger partial charge in [0, 0.05) is 12.5 Å². The second-order valence-corrected chi connectivity index (χ2v) is 4.60. The SMILES string of the molecule is OCC1[C@H](I)C2OC[C@@H](O2)[C@H]1O. The van der Waals surface area contributed by atoms with Crippen LogP contribution in [0.1, 0.15) is 0 Å². The van der Waals surface area contributed by atoms with Crippen molar-refractivity contribution in [3.8, 4) is 0 Å². The fraction of sp³-hybridized carbons (Fsp3) is 1.00. The standard InChI is InChI=1S/C7H11IO4/c8-5-3(1-9)6(10)4-2-11-7(5)12-4/h3-7,9-10H,1-2H2/t3?,4-,5+,6+,7?/m1/s1. The largest absolute Gasteiger partial charge is 0.396 e. The molecule has 12 heavy (non-hydrogen) atoms. The summed E-state index contributed by atoms with van der Waals surface area (Å²) >= 11 is 2.15. The smallest absolute Gasteiger partial charge is 0.170 e. The van der Waals surface area contributed by atoms with Crippen LogP contribution in [0.5, 0.6) is 0 Å². The molecular weight excluding hydrogens is 275 g/mol. The lowest BCUT2D eigenvalue weighted by Gasteiger charge is -2.34. The molecule has 2 heterocycles. The Hall–Kier alpha value is 0.570. The number of fused-ring (bicyclic) bond motifs is 2. The zero-order chi connectivity index (χ0) is 8.72. The molecule has 0 amide bonds. The van der Waals surface area contributed by atoms with Gasteiger partial charge in [-0.05, 0) is 0 Å². The molecule has 0 radical (unpaired) electrons. The molecule has 2 aliphatic heterocycles. The van der Waals surface area contributed by atoms with Crippen molar-refractivity contribution in [1.29, 1.82) is 0 Å². The Labute approximate surface area is 84.0 Å². The minimum absolute atomic E-state index is 0.00546. The van der Waals surface area contributed by atoms with Crippen molar-refractivity contribution in [2.24, 2.45) is 5.92 Å². The molecule has 0 aromatic carbocycles. The van der Waals surface area contributed by atoms with Gasteiger partial charge >= 0.3 is 0 Å². The predicted molar refractivity (Wildman–Crippen MR) is 49.0 cm³/mol. The van der Waals surface area contributed by atoms with Gasteiger partial charge in [-0.15, -0.1) is 0 Å². The molecule has 2 aliphatic rings. The van der Waals surface area contributed by atoms with Crippen LogP contribution < -0.4 is 0 Å². The third-order valence-corrected chi connectivity index (χ3v) is 3.94. The average molecular weight is 286 g/mol. The summed E-state index contributed by atoms with van der Waals surface area (Å²) in [5, 5.41) is 18.7. The predicted octanol–water partition coefficient (Wildman–Crippen LogP) is -0.485. The molecule has 0 aromatic heterocycles. The maximum atomic E-state index is 9.66. The summed E-state index contributed by atoms with van der Waals surface area (Å²) < 4.78 is 10.7. The van der Waals surface area contributed by atoms with Crippen LogP contribution in [-0.4, -0.2) is 45.8 Å². The van der Waals surface area contributed by atoms with Crippen molar-refractivity contribution < 1.29 is 19.7 Å². The highest BCUT2D eigenvalue weighted by molar-refractivity contribution is 14.1. The van der Waals surface area contributed by atoms with E-state index in [1.54, 1.807) is 0 Å². The lowest BCUT2D eigenvalue weighted by molar-refractivity contribution is -0.141. The van der Waals surface area contributed by atoms with Crippen LogP contribution in [-0.2, 0) is 9.47 Å². The number of aliphatic hydroxyl groups is 2. The van der Waals surface area contributed by atoms with Gasteiger partial charge in [0.15, 0.2) is 6.29 Å². The third-order valence-electron chi connectivity index (χ3n) is 2.43. The van der Waals surface area contributed by atoms with E-state index in [0.29, 0.717) is 6.61 Å². The van der Waals surface area contributed by atoms with Crippen molar-refractivity contribution in [2.45, 2.75) is 22.4 Å². The molecule has 0 aliphatic carbocycles. The molecule has 0 spiro atoms. The van der Waals surface area contributed by atoms with E-state index in [0.717, 1.165) is 0 Å². The summed E-state index contributed by atoms with van der Waals surface area (Å²) in [5.74, 6) is -0.114. The molecular formula is C7H11IO4. The van der Waals surface area contributed by atoms with Crippen LogP contribution in [0.4, 0.5) is 0 Å². The molecule has 4 nitrogen and oxygen atoms in total. The highest BCUT2D eigenvalue weighted by atomic mass is 127. The van der Waals surface area contributed by atoms with Gasteiger partial charge in [-0.3, -0.25) is 0 Å². The average Bonchev–Trinajstić information content (AvgIpc) is 2.48. The number of rotatable bonds is 1. The maximum Gasteiger partial charge on any atom is 0.170 e. The quantitative estimate of drug-likeness (QED) is 0.505. The lowest BCUT2D eigenvalue weighted by Crippen LogP contribution is -2.48. The topological polar surface area (TPSA) is 58.9 Å². The van der Waals surface area contributed by atoms with Crippen molar-refractivity contribution in [3.63, 3.8) is 0 Å². The summed E-state index contributed by atoms with van der Waals surface area (Å²) in [6, 6.07) is 0. The summed E-state index contributed by atoms with van der Waals surface area (Å²) in [4.78, 5) is 0. The van der Waals surface area contributed by atoms with Crippen LogP contribution in [0.2, 0.25) is 0 Å². The normalized spacial score (nSPS) is 52.8. The number of alkyl halides is 1. The summed E-state index contributed by atoms with van der Waals surface area (Å²) in [6.07, 6.45) is -1.06. The highest BCUT2D eigenvalue weighted by Gasteiger charge is 2.48. The second kappa shape index (κ2) is 3.38. The van der Waals surface area contributed by atoms with E-state index in [4.69, 9.17) is 14.6 Å². The second-order valence-electron chi connectivity index (χ2n) is 3.16. The number of halogens is 1. The van der Waals surface area contributed by atoms with Crippen molar-refractivity contribution in [2.75, 3.05) is 13.2 Å². The van der Waals surface area contributed by atoms with Crippen LogP contribution in [0.3, 0.4) is 0 Å². The Morgan fingerprint density at radius 3 is 2.92 bits per heavy atom. The van der Waals surface area contributed by atoms with Crippen LogP contribution in [0, 0.1) is 5.92 Å². The van der Waals surface area contributed by atoms with E-state index in [9.17, 15) is 5.11 Å². The summed E-state index contributed by atoms with van der Waals surface area (Å²) in [5.41, 5.74) is 0. The molecule has 0 saturated carbocycles. The zero-order valence-corrected chi connectivity index (χ0v) is 8.55. The zero-order valence-electron chi connectivity index (χ0n) is 6.39. The van der Waals surface area contributed by atoms with E-state index in [1.807, 2.05) is 0 Å². The highest BCUT2D eigenvalue weighted by Crippen LogP contribution is 2.36. The van der Waals surface area contributed by atoms with Crippen LogP contribution in [0.15, 0.2) is 0 Å². The van der Waals surface area contributed by atoms with E-state index in [1.165, 1.54) is 0 Å². The lowest BCUT2D eigenvalue weighted by atomic mass is 9.94. The molecule has 70 valence electrons. The molecule has 5 heteroatoms. The van der Waals surface area contributed by atoms with E-state index in [-0.39, 0.29) is 28.8 Å². The Morgan fingerprint density at radius 1 is 1.50 bits per heavy atom. The molecule has 5 atom stereocenters. The third kappa shape index (κ3) is 1.27. The first-order chi connectivity index (χ1) is 5.74. The Morgan fingerprint density at radius 2 is 2.25 bits per heavy atom. The Bertz CT molecular complexity index is 161. The monoisotopic (exact) mass is 286 g/mol. The minimum atomic E-state index is -0.587. The van der Waals surface area contributed by atoms with Gasteiger partial charge in [0.25, 0.3) is 0 Å². The molecule has 0 aromatic rings. The van der Waals surface area contributed by atoms with E-state index < -0.39 is 6.10 Å². The van der Waals surface area contributed by atoms with Crippen molar-refractivity contribution in [1.82, 2.24) is 0 Å². The first-order valence-electron chi connectivity index (χ1n) is 3.94. The number of aliphatic hydroxyl groups excluding tert-OH is 2. The van der Waals surface area contributed by atoms with Gasteiger partial charge in [-0.25, -0.2) is 0 Å². The molecule has 2 rings (SSSR count). The molecule has 2 unspecified atom stereocenters. The molecule has 2 fully saturated rings. The van der Waals surface area contributed by atoms with Gasteiger partial charge in [0.1, 0.15) is 6.10 Å². The van der Waals surface area contributed by atoms with Gasteiger partial charge in [0.05, 0.1) is 16.6 Å². The first-order valence-corrected chi connectivity index (χ1v) is 5.18. The number of hydrogen-bond donors (Lipinski definition) is 2. The Kier molecular flexibility index (Phi) is 2.57. The maximum absolute atomic E-state index is 9.66. The van der Waals surface area contributed by atoms with Crippen LogP contribution >= 0.6 is 22.6 Å². The molecule has 2 saturated heterocycles. The molecule has 2 N–H and O–H groups in total. The fourth-order valence-electron chi connectivity index (χ4n) is 1.66. The number of hydrogen-bond acceptors (Lipinski definition) is 4.